The second-order valence-corrected chi connectivity index (χ2v) is 5.20. The third-order valence-electron chi connectivity index (χ3n) is 4.02. The molecule has 17 heavy (non-hydrogen) atoms. The van der Waals surface area contributed by atoms with Gasteiger partial charge in [0.25, 0.3) is 0 Å². The van der Waals surface area contributed by atoms with Crippen molar-refractivity contribution in [3.63, 3.8) is 0 Å². The lowest BCUT2D eigenvalue weighted by molar-refractivity contribution is 0.237. The third-order valence-corrected chi connectivity index (χ3v) is 4.02. The van der Waals surface area contributed by atoms with Crippen molar-refractivity contribution < 1.29 is 0 Å². The average Bonchev–Trinajstić information content (AvgIpc) is 2.40. The Labute approximate surface area is 103 Å². The highest BCUT2D eigenvalue weighted by atomic mass is 15.3. The zero-order valence-electron chi connectivity index (χ0n) is 10.8. The lowest BCUT2D eigenvalue weighted by Gasteiger charge is -2.38. The summed E-state index contributed by atoms with van der Waals surface area (Å²) in [5, 5.41) is 0. The van der Waals surface area contributed by atoms with Crippen molar-refractivity contribution in [1.82, 2.24) is 9.97 Å². The zero-order valence-corrected chi connectivity index (χ0v) is 10.8. The molecular weight excluding hydrogens is 212 g/mol. The van der Waals surface area contributed by atoms with Crippen LogP contribution in [0.15, 0.2) is 12.3 Å². The largest absolute Gasteiger partial charge is 0.341 e. The molecule has 0 atom stereocenters. The van der Waals surface area contributed by atoms with E-state index in [1.807, 2.05) is 6.07 Å². The second kappa shape index (κ2) is 5.00. The molecule has 1 aromatic rings. The minimum atomic E-state index is 0.482. The van der Waals surface area contributed by atoms with Gasteiger partial charge in [0.15, 0.2) is 0 Å². The van der Waals surface area contributed by atoms with Gasteiger partial charge in [-0.2, -0.15) is 0 Å². The summed E-state index contributed by atoms with van der Waals surface area (Å²) in [6, 6.07) is 1.88. The molecule has 2 heterocycles. The molecule has 2 N–H and O–H groups in total. The van der Waals surface area contributed by atoms with E-state index >= 15 is 0 Å². The summed E-state index contributed by atoms with van der Waals surface area (Å²) in [6.07, 6.45) is 5.50. The van der Waals surface area contributed by atoms with Gasteiger partial charge in [-0.3, -0.25) is 0 Å². The number of anilines is 1. The lowest BCUT2D eigenvalue weighted by Crippen LogP contribution is -2.39. The molecule has 4 heteroatoms. The highest BCUT2D eigenvalue weighted by Crippen LogP contribution is 2.34. The third kappa shape index (κ3) is 2.75. The van der Waals surface area contributed by atoms with Gasteiger partial charge in [0.05, 0.1) is 5.69 Å². The molecule has 94 valence electrons. The molecule has 0 radical (unpaired) electrons. The Balaban J connectivity index is 2.05. The molecule has 0 bridgehead atoms. The SMILES string of the molecule is CCC1(C)CCN(c2nccc(CN)n2)CC1. The number of nitrogens with two attached hydrogens (primary N) is 1. The average molecular weight is 234 g/mol. The summed E-state index contributed by atoms with van der Waals surface area (Å²) in [4.78, 5) is 11.1. The first-order valence-electron chi connectivity index (χ1n) is 6.44. The van der Waals surface area contributed by atoms with Crippen molar-refractivity contribution in [1.29, 1.82) is 0 Å². The van der Waals surface area contributed by atoms with Crippen LogP contribution in [-0.4, -0.2) is 23.1 Å². The van der Waals surface area contributed by atoms with Gasteiger partial charge >= 0.3 is 0 Å². The topological polar surface area (TPSA) is 55.0 Å². The number of rotatable bonds is 3. The van der Waals surface area contributed by atoms with Gasteiger partial charge in [-0.1, -0.05) is 20.3 Å². The van der Waals surface area contributed by atoms with Crippen LogP contribution >= 0.6 is 0 Å². The van der Waals surface area contributed by atoms with Gasteiger partial charge < -0.3 is 10.6 Å². The highest BCUT2D eigenvalue weighted by Gasteiger charge is 2.29. The first-order chi connectivity index (χ1) is 8.17. The second-order valence-electron chi connectivity index (χ2n) is 5.20. The van der Waals surface area contributed by atoms with Crippen LogP contribution in [0.25, 0.3) is 0 Å². The van der Waals surface area contributed by atoms with Gasteiger partial charge in [-0.25, -0.2) is 9.97 Å². The zero-order chi connectivity index (χ0) is 12.3. The molecule has 0 aromatic carbocycles. The number of nitrogens with zero attached hydrogens (tertiary/aromatic N) is 3. The maximum atomic E-state index is 5.60. The van der Waals surface area contributed by atoms with Crippen molar-refractivity contribution in [3.05, 3.63) is 18.0 Å². The fourth-order valence-electron chi connectivity index (χ4n) is 2.25. The monoisotopic (exact) mass is 234 g/mol. The molecule has 1 saturated heterocycles. The van der Waals surface area contributed by atoms with E-state index in [-0.39, 0.29) is 0 Å². The van der Waals surface area contributed by atoms with Crippen molar-refractivity contribution in [3.8, 4) is 0 Å². The van der Waals surface area contributed by atoms with Crippen molar-refractivity contribution >= 4 is 5.95 Å². The summed E-state index contributed by atoms with van der Waals surface area (Å²) in [5.41, 5.74) is 7.02. The van der Waals surface area contributed by atoms with Gasteiger partial charge in [-0.15, -0.1) is 0 Å². The van der Waals surface area contributed by atoms with E-state index in [4.69, 9.17) is 5.73 Å². The summed E-state index contributed by atoms with van der Waals surface area (Å²) in [5.74, 6) is 0.839. The van der Waals surface area contributed by atoms with Crippen LogP contribution in [0.5, 0.6) is 0 Å². The van der Waals surface area contributed by atoms with Crippen LogP contribution in [0.4, 0.5) is 5.95 Å². The predicted molar refractivity (Wildman–Crippen MR) is 69.8 cm³/mol. The van der Waals surface area contributed by atoms with E-state index in [0.717, 1.165) is 24.7 Å². The molecule has 0 amide bonds. The summed E-state index contributed by atoms with van der Waals surface area (Å²) < 4.78 is 0. The smallest absolute Gasteiger partial charge is 0.225 e. The summed E-state index contributed by atoms with van der Waals surface area (Å²) in [6.45, 7) is 7.25. The van der Waals surface area contributed by atoms with Gasteiger partial charge in [-0.05, 0) is 24.3 Å². The Kier molecular flexibility index (Phi) is 3.62. The fourth-order valence-corrected chi connectivity index (χ4v) is 2.25. The van der Waals surface area contributed by atoms with Crippen LogP contribution in [0.1, 0.15) is 38.8 Å². The molecule has 1 aliphatic heterocycles. The molecule has 4 nitrogen and oxygen atoms in total. The molecule has 2 rings (SSSR count). The summed E-state index contributed by atoms with van der Waals surface area (Å²) in [7, 11) is 0. The Morgan fingerprint density at radius 1 is 1.41 bits per heavy atom. The van der Waals surface area contributed by atoms with E-state index in [1.165, 1.54) is 19.3 Å². The fraction of sp³-hybridized carbons (Fsp3) is 0.692. The number of piperidine rings is 1. The van der Waals surface area contributed by atoms with E-state index in [9.17, 15) is 0 Å². The Bertz CT molecular complexity index is 369. The number of hydrogen-bond acceptors (Lipinski definition) is 4. The van der Waals surface area contributed by atoms with Crippen molar-refractivity contribution in [2.75, 3.05) is 18.0 Å². The molecule has 0 unspecified atom stereocenters. The maximum absolute atomic E-state index is 5.60. The number of hydrogen-bond donors (Lipinski definition) is 1. The Morgan fingerprint density at radius 2 is 2.12 bits per heavy atom. The van der Waals surface area contributed by atoms with Crippen molar-refractivity contribution in [2.24, 2.45) is 11.1 Å². The lowest BCUT2D eigenvalue weighted by atomic mass is 9.78. The number of aromatic nitrogens is 2. The van der Waals surface area contributed by atoms with E-state index in [0.29, 0.717) is 12.0 Å². The molecule has 1 fully saturated rings. The molecular formula is C13H22N4. The maximum Gasteiger partial charge on any atom is 0.225 e. The minimum absolute atomic E-state index is 0.482. The molecule has 1 aliphatic rings. The standard InChI is InChI=1S/C13H22N4/c1-3-13(2)5-8-17(9-6-13)12-15-7-4-11(10-14)16-12/h4,7H,3,5-6,8-10,14H2,1-2H3. The van der Waals surface area contributed by atoms with Crippen LogP contribution in [0, 0.1) is 5.41 Å². The molecule has 0 spiro atoms. The van der Waals surface area contributed by atoms with Gasteiger partial charge in [0.2, 0.25) is 5.95 Å². The van der Waals surface area contributed by atoms with Gasteiger partial charge in [0, 0.05) is 25.8 Å². The van der Waals surface area contributed by atoms with E-state index in [1.54, 1.807) is 6.20 Å². The minimum Gasteiger partial charge on any atom is -0.341 e. The Hall–Kier alpha value is -1.16. The quantitative estimate of drug-likeness (QED) is 0.868. The van der Waals surface area contributed by atoms with Crippen LogP contribution in [-0.2, 0) is 6.54 Å². The normalized spacial score (nSPS) is 19.4. The van der Waals surface area contributed by atoms with Gasteiger partial charge in [0.1, 0.15) is 0 Å². The highest BCUT2D eigenvalue weighted by molar-refractivity contribution is 5.31. The first kappa shape index (κ1) is 12.3. The molecule has 0 saturated carbocycles. The van der Waals surface area contributed by atoms with Crippen LogP contribution in [0.3, 0.4) is 0 Å². The Morgan fingerprint density at radius 3 is 2.71 bits per heavy atom. The van der Waals surface area contributed by atoms with E-state index < -0.39 is 0 Å². The van der Waals surface area contributed by atoms with Crippen molar-refractivity contribution in [2.45, 2.75) is 39.7 Å². The van der Waals surface area contributed by atoms with Crippen LogP contribution < -0.4 is 10.6 Å². The van der Waals surface area contributed by atoms with E-state index in [2.05, 4.69) is 28.7 Å². The first-order valence-corrected chi connectivity index (χ1v) is 6.44. The molecule has 0 aliphatic carbocycles. The van der Waals surface area contributed by atoms with Crippen LogP contribution in [0.2, 0.25) is 0 Å². The molecule has 1 aromatic heterocycles. The predicted octanol–water partition coefficient (Wildman–Crippen LogP) is 1.95. The summed E-state index contributed by atoms with van der Waals surface area (Å²) >= 11 is 0.